The Morgan fingerprint density at radius 1 is 1.24 bits per heavy atom. The van der Waals surface area contributed by atoms with E-state index in [0.717, 1.165) is 23.7 Å². The number of esters is 1. The topological polar surface area (TPSA) is 95.0 Å². The second-order valence-corrected chi connectivity index (χ2v) is 7.50. The first kappa shape index (κ1) is 18.8. The van der Waals surface area contributed by atoms with E-state index in [9.17, 15) is 9.59 Å². The van der Waals surface area contributed by atoms with Gasteiger partial charge >= 0.3 is 5.97 Å². The van der Waals surface area contributed by atoms with Gasteiger partial charge < -0.3 is 15.0 Å². The molecule has 3 aromatic rings. The Morgan fingerprint density at radius 3 is 2.79 bits per heavy atom. The molecular weight excluding hydrogens is 366 g/mol. The Balaban J connectivity index is 1.41. The van der Waals surface area contributed by atoms with Gasteiger partial charge in [-0.1, -0.05) is 6.92 Å². The van der Waals surface area contributed by atoms with Crippen LogP contribution in [0.4, 0.5) is 5.69 Å². The van der Waals surface area contributed by atoms with Crippen LogP contribution in [0.25, 0.3) is 10.9 Å². The maximum atomic E-state index is 12.4. The van der Waals surface area contributed by atoms with Gasteiger partial charge in [0, 0.05) is 22.3 Å². The molecule has 0 fully saturated rings. The van der Waals surface area contributed by atoms with E-state index in [-0.39, 0.29) is 6.61 Å². The summed E-state index contributed by atoms with van der Waals surface area (Å²) < 4.78 is 5.18. The van der Waals surface area contributed by atoms with Crippen molar-refractivity contribution in [2.75, 3.05) is 11.9 Å². The second-order valence-electron chi connectivity index (χ2n) is 7.50. The van der Waals surface area contributed by atoms with E-state index in [1.54, 1.807) is 30.3 Å². The SMILES string of the molecule is C[C@H]1CCc2[nH]c3ccc(C(=O)OCC(=O)Nc4ccc(C#N)cc4)cc3c2C1. The van der Waals surface area contributed by atoms with Crippen LogP contribution in [0.15, 0.2) is 42.5 Å². The summed E-state index contributed by atoms with van der Waals surface area (Å²) in [6, 6.07) is 13.9. The Hall–Kier alpha value is -3.59. The average molecular weight is 387 g/mol. The lowest BCUT2D eigenvalue weighted by atomic mass is 9.87. The number of ether oxygens (including phenoxy) is 1. The standard InChI is InChI=1S/C23H21N3O3/c1-14-2-8-20-18(10-14)19-11-16(5-9-21(19)26-20)23(28)29-13-22(27)25-17-6-3-15(12-24)4-7-17/h3-7,9,11,14,26H,2,8,10,13H2,1H3,(H,25,27)/t14-/m0/s1. The fourth-order valence-corrected chi connectivity index (χ4v) is 3.76. The van der Waals surface area contributed by atoms with Crippen molar-refractivity contribution in [2.24, 2.45) is 5.92 Å². The normalized spacial score (nSPS) is 15.4. The number of aromatic amines is 1. The highest BCUT2D eigenvalue weighted by atomic mass is 16.5. The van der Waals surface area contributed by atoms with Crippen molar-refractivity contribution in [2.45, 2.75) is 26.2 Å². The van der Waals surface area contributed by atoms with Gasteiger partial charge in [0.25, 0.3) is 5.91 Å². The lowest BCUT2D eigenvalue weighted by Gasteiger charge is -2.18. The Morgan fingerprint density at radius 2 is 2.03 bits per heavy atom. The van der Waals surface area contributed by atoms with Crippen LogP contribution in [-0.2, 0) is 22.4 Å². The maximum Gasteiger partial charge on any atom is 0.338 e. The zero-order valence-corrected chi connectivity index (χ0v) is 16.1. The second kappa shape index (κ2) is 7.80. The van der Waals surface area contributed by atoms with Crippen molar-refractivity contribution in [1.29, 1.82) is 5.26 Å². The van der Waals surface area contributed by atoms with Crippen LogP contribution in [0.3, 0.4) is 0 Å². The Labute approximate surface area is 168 Å². The number of hydrogen-bond acceptors (Lipinski definition) is 4. The summed E-state index contributed by atoms with van der Waals surface area (Å²) in [4.78, 5) is 27.9. The van der Waals surface area contributed by atoms with E-state index in [1.165, 1.54) is 17.7 Å². The van der Waals surface area contributed by atoms with E-state index < -0.39 is 11.9 Å². The number of aromatic nitrogens is 1. The highest BCUT2D eigenvalue weighted by Gasteiger charge is 2.21. The van der Waals surface area contributed by atoms with E-state index in [0.29, 0.717) is 22.7 Å². The zero-order chi connectivity index (χ0) is 20.4. The number of fused-ring (bicyclic) bond motifs is 3. The van der Waals surface area contributed by atoms with E-state index in [4.69, 9.17) is 10.00 Å². The minimum atomic E-state index is -0.527. The first-order valence-corrected chi connectivity index (χ1v) is 9.64. The molecule has 1 amide bonds. The van der Waals surface area contributed by atoms with Crippen LogP contribution in [0, 0.1) is 17.2 Å². The average Bonchev–Trinajstić information content (AvgIpc) is 3.09. The number of nitriles is 1. The Bertz CT molecular complexity index is 1120. The summed E-state index contributed by atoms with van der Waals surface area (Å²) in [5.41, 5.74) is 5.05. The van der Waals surface area contributed by atoms with Gasteiger partial charge in [0.15, 0.2) is 6.61 Å². The van der Waals surface area contributed by atoms with E-state index in [2.05, 4.69) is 17.2 Å². The van der Waals surface area contributed by atoms with Gasteiger partial charge in [-0.2, -0.15) is 5.26 Å². The largest absolute Gasteiger partial charge is 0.452 e. The summed E-state index contributed by atoms with van der Waals surface area (Å²) in [5, 5.41) is 12.5. The lowest BCUT2D eigenvalue weighted by molar-refractivity contribution is -0.119. The lowest BCUT2D eigenvalue weighted by Crippen LogP contribution is -2.20. The number of nitrogens with one attached hydrogen (secondary N) is 2. The molecule has 1 aliphatic rings. The van der Waals surface area contributed by atoms with Crippen LogP contribution in [0.5, 0.6) is 0 Å². The summed E-state index contributed by atoms with van der Waals surface area (Å²) >= 11 is 0. The van der Waals surface area contributed by atoms with Gasteiger partial charge in [0.05, 0.1) is 17.2 Å². The van der Waals surface area contributed by atoms with E-state index >= 15 is 0 Å². The van der Waals surface area contributed by atoms with Crippen molar-refractivity contribution < 1.29 is 14.3 Å². The predicted octanol–water partition coefficient (Wildman–Crippen LogP) is 3.96. The highest BCUT2D eigenvalue weighted by Crippen LogP contribution is 2.32. The molecule has 146 valence electrons. The van der Waals surface area contributed by atoms with Crippen molar-refractivity contribution in [1.82, 2.24) is 4.98 Å². The number of aryl methyl sites for hydroxylation is 1. The molecule has 29 heavy (non-hydrogen) atoms. The van der Waals surface area contributed by atoms with Gasteiger partial charge in [-0.05, 0) is 73.2 Å². The van der Waals surface area contributed by atoms with Crippen molar-refractivity contribution in [3.8, 4) is 6.07 Å². The fourth-order valence-electron chi connectivity index (χ4n) is 3.76. The first-order chi connectivity index (χ1) is 14.0. The molecule has 0 saturated heterocycles. The molecule has 0 spiro atoms. The molecule has 0 bridgehead atoms. The van der Waals surface area contributed by atoms with Crippen LogP contribution in [0.1, 0.15) is 40.5 Å². The molecule has 0 radical (unpaired) electrons. The fraction of sp³-hybridized carbons (Fsp3) is 0.261. The molecular formula is C23H21N3O3. The minimum Gasteiger partial charge on any atom is -0.452 e. The predicted molar refractivity (Wildman–Crippen MR) is 110 cm³/mol. The summed E-state index contributed by atoms with van der Waals surface area (Å²) in [6.45, 7) is 1.87. The van der Waals surface area contributed by atoms with Gasteiger partial charge in [0.2, 0.25) is 0 Å². The minimum absolute atomic E-state index is 0.376. The Kier molecular flexibility index (Phi) is 5.05. The third kappa shape index (κ3) is 3.99. The van der Waals surface area contributed by atoms with Crippen molar-refractivity contribution in [3.05, 3.63) is 64.8 Å². The molecule has 1 aliphatic carbocycles. The van der Waals surface area contributed by atoms with Crippen molar-refractivity contribution in [3.63, 3.8) is 0 Å². The summed E-state index contributed by atoms with van der Waals surface area (Å²) in [5.74, 6) is -0.333. The van der Waals surface area contributed by atoms with Crippen LogP contribution in [0.2, 0.25) is 0 Å². The molecule has 0 unspecified atom stereocenters. The van der Waals surface area contributed by atoms with Crippen LogP contribution < -0.4 is 5.32 Å². The molecule has 0 aliphatic heterocycles. The molecule has 2 aromatic carbocycles. The molecule has 6 nitrogen and oxygen atoms in total. The molecule has 1 atom stereocenters. The highest BCUT2D eigenvalue weighted by molar-refractivity contribution is 5.98. The molecule has 1 aromatic heterocycles. The number of carbonyl (C=O) groups excluding carboxylic acids is 2. The first-order valence-electron chi connectivity index (χ1n) is 9.64. The number of carbonyl (C=O) groups is 2. The number of hydrogen-bond donors (Lipinski definition) is 2. The van der Waals surface area contributed by atoms with Gasteiger partial charge in [-0.3, -0.25) is 4.79 Å². The molecule has 2 N–H and O–H groups in total. The number of anilines is 1. The molecule has 6 heteroatoms. The third-order valence-electron chi connectivity index (χ3n) is 5.30. The van der Waals surface area contributed by atoms with E-state index in [1.807, 2.05) is 18.2 Å². The summed E-state index contributed by atoms with van der Waals surface area (Å²) in [6.07, 6.45) is 3.20. The monoisotopic (exact) mass is 387 g/mol. The summed E-state index contributed by atoms with van der Waals surface area (Å²) in [7, 11) is 0. The third-order valence-corrected chi connectivity index (χ3v) is 5.30. The smallest absolute Gasteiger partial charge is 0.338 e. The van der Waals surface area contributed by atoms with Crippen LogP contribution >= 0.6 is 0 Å². The molecule has 4 rings (SSSR count). The number of rotatable bonds is 4. The zero-order valence-electron chi connectivity index (χ0n) is 16.1. The van der Waals surface area contributed by atoms with Crippen LogP contribution in [-0.4, -0.2) is 23.5 Å². The number of benzene rings is 2. The number of H-pyrrole nitrogens is 1. The van der Waals surface area contributed by atoms with Crippen molar-refractivity contribution >= 4 is 28.5 Å². The van der Waals surface area contributed by atoms with Gasteiger partial charge in [-0.25, -0.2) is 4.79 Å². The van der Waals surface area contributed by atoms with Gasteiger partial charge in [-0.15, -0.1) is 0 Å². The molecule has 0 saturated carbocycles. The number of nitrogens with zero attached hydrogens (tertiary/aromatic N) is 1. The van der Waals surface area contributed by atoms with Gasteiger partial charge in [0.1, 0.15) is 0 Å². The molecule has 1 heterocycles. The number of amides is 1. The quantitative estimate of drug-likeness (QED) is 0.663. The maximum absolute atomic E-state index is 12.4.